The van der Waals surface area contributed by atoms with Gasteiger partial charge in [-0.25, -0.2) is 4.79 Å². The Morgan fingerprint density at radius 3 is 2.89 bits per heavy atom. The van der Waals surface area contributed by atoms with Crippen molar-refractivity contribution in [2.24, 2.45) is 0 Å². The highest BCUT2D eigenvalue weighted by Gasteiger charge is 2.35. The number of carbonyl (C=O) groups is 1. The Hall–Kier alpha value is -1.78. The van der Waals surface area contributed by atoms with Crippen molar-refractivity contribution in [2.75, 3.05) is 13.1 Å². The lowest BCUT2D eigenvalue weighted by atomic mass is 9.96. The largest absolute Gasteiger partial charge is 0.508 e. The van der Waals surface area contributed by atoms with Gasteiger partial charge in [-0.2, -0.15) is 0 Å². The zero-order valence-corrected chi connectivity index (χ0v) is 10.6. The third-order valence-electron chi connectivity index (χ3n) is 2.52. The van der Waals surface area contributed by atoms with E-state index in [0.29, 0.717) is 13.1 Å². The number of hydrogen-bond acceptors (Lipinski definition) is 4. The van der Waals surface area contributed by atoms with E-state index in [1.165, 1.54) is 4.90 Å². The third-order valence-corrected chi connectivity index (χ3v) is 2.52. The van der Waals surface area contributed by atoms with Crippen LogP contribution in [0.5, 0.6) is 5.75 Å². The summed E-state index contributed by atoms with van der Waals surface area (Å²) in [6, 6.07) is -0.697. The smallest absolute Gasteiger partial charge is 0.410 e. The van der Waals surface area contributed by atoms with Gasteiger partial charge in [-0.1, -0.05) is 0 Å². The maximum absolute atomic E-state index is 11.8. The van der Waals surface area contributed by atoms with Gasteiger partial charge in [0.25, 0.3) is 0 Å². The first-order valence-electron chi connectivity index (χ1n) is 7.24. The van der Waals surface area contributed by atoms with Crippen molar-refractivity contribution in [1.29, 1.82) is 0 Å². The van der Waals surface area contributed by atoms with E-state index < -0.39 is 23.5 Å². The molecule has 0 atom stereocenters. The van der Waals surface area contributed by atoms with Gasteiger partial charge in [-0.3, -0.25) is 4.98 Å². The fraction of sp³-hybridized carbons (Fsp3) is 0.538. The molecule has 5 nitrogen and oxygen atoms in total. The molecule has 1 fully saturated rings. The number of ether oxygens (including phenoxy) is 1. The molecule has 0 spiro atoms. The Labute approximate surface area is 111 Å². The molecule has 0 aliphatic carbocycles. The molecule has 1 amide bonds. The van der Waals surface area contributed by atoms with Gasteiger partial charge in [0.2, 0.25) is 0 Å². The first kappa shape index (κ1) is 9.19. The topological polar surface area (TPSA) is 62.7 Å². The minimum absolute atomic E-state index is 0.222. The molecule has 1 N–H and O–H groups in total. The number of aromatic nitrogens is 1. The minimum Gasteiger partial charge on any atom is -0.508 e. The van der Waals surface area contributed by atoms with E-state index in [-0.39, 0.29) is 23.8 Å². The summed E-state index contributed by atoms with van der Waals surface area (Å²) in [5.41, 5.74) is -0.325. The van der Waals surface area contributed by atoms with Crippen LogP contribution in [-0.2, 0) is 4.74 Å². The predicted molar refractivity (Wildman–Crippen MR) is 66.4 cm³/mol. The van der Waals surface area contributed by atoms with Gasteiger partial charge in [0.1, 0.15) is 11.4 Å². The summed E-state index contributed by atoms with van der Waals surface area (Å²) < 4.78 is 27.9. The summed E-state index contributed by atoms with van der Waals surface area (Å²) >= 11 is 0. The first-order chi connectivity index (χ1) is 9.60. The molecule has 18 heavy (non-hydrogen) atoms. The normalized spacial score (nSPS) is 18.6. The summed E-state index contributed by atoms with van der Waals surface area (Å²) in [5, 5.41) is 9.62. The van der Waals surface area contributed by atoms with Crippen LogP contribution in [0.4, 0.5) is 4.79 Å². The molecule has 0 bridgehead atoms. The number of amides is 1. The number of hydrogen-bond donors (Lipinski definition) is 1. The molecule has 5 heteroatoms. The molecule has 1 aliphatic rings. The molecule has 1 saturated heterocycles. The Bertz CT molecular complexity index is 581. The van der Waals surface area contributed by atoms with Crippen molar-refractivity contribution in [1.82, 2.24) is 9.88 Å². The van der Waals surface area contributed by atoms with Crippen molar-refractivity contribution < 1.29 is 18.8 Å². The number of pyridine rings is 1. The lowest BCUT2D eigenvalue weighted by Gasteiger charge is -2.39. The Kier molecular flexibility index (Phi) is 2.29. The van der Waals surface area contributed by atoms with Crippen LogP contribution < -0.4 is 0 Å². The van der Waals surface area contributed by atoms with E-state index in [0.717, 1.165) is 0 Å². The second-order valence-corrected chi connectivity index (χ2v) is 5.29. The fourth-order valence-corrected chi connectivity index (χ4v) is 1.64. The summed E-state index contributed by atoms with van der Waals surface area (Å²) in [5.74, 6) is -0.763. The van der Waals surface area contributed by atoms with Crippen LogP contribution in [-0.4, -0.2) is 39.8 Å². The zero-order chi connectivity index (χ0) is 15.9. The van der Waals surface area contributed by atoms with Crippen molar-refractivity contribution in [2.45, 2.75) is 32.3 Å². The molecule has 0 aromatic carbocycles. The van der Waals surface area contributed by atoms with E-state index in [2.05, 4.69) is 4.98 Å². The van der Waals surface area contributed by atoms with E-state index in [9.17, 15) is 9.90 Å². The highest BCUT2D eigenvalue weighted by molar-refractivity contribution is 5.69. The van der Waals surface area contributed by atoms with Crippen molar-refractivity contribution in [3.63, 3.8) is 0 Å². The molecule has 1 aromatic rings. The van der Waals surface area contributed by atoms with Crippen molar-refractivity contribution >= 4 is 6.09 Å². The average Bonchev–Trinajstić information content (AvgIpc) is 2.28. The van der Waals surface area contributed by atoms with Gasteiger partial charge in [-0.05, 0) is 26.8 Å². The molecule has 98 valence electrons. The van der Waals surface area contributed by atoms with Crippen LogP contribution >= 0.6 is 0 Å². The van der Waals surface area contributed by atoms with E-state index in [1.54, 1.807) is 20.8 Å². The summed E-state index contributed by atoms with van der Waals surface area (Å²) in [6.45, 7) is 5.99. The summed E-state index contributed by atoms with van der Waals surface area (Å²) in [6.07, 6.45) is -0.799. The van der Waals surface area contributed by atoms with E-state index >= 15 is 0 Å². The quantitative estimate of drug-likeness (QED) is 0.832. The average molecular weight is 253 g/mol. The van der Waals surface area contributed by atoms with Crippen molar-refractivity contribution in [3.8, 4) is 5.75 Å². The first-order valence-corrected chi connectivity index (χ1v) is 5.74. The standard InChI is InChI=1S/C13H18N2O3/c1-13(2,3)18-12(17)15-7-9(8-15)11-6-10(16)4-5-14-11/h4-6,9H,7-8H2,1-3H3,(H,14,16)/i4D,5D,6D. The number of carbonyl (C=O) groups excluding carboxylic acids is 1. The number of nitrogens with zero attached hydrogens (tertiary/aromatic N) is 2. The monoisotopic (exact) mass is 253 g/mol. The zero-order valence-electron chi connectivity index (χ0n) is 13.6. The molecule has 0 saturated carbocycles. The third kappa shape index (κ3) is 2.91. The summed E-state index contributed by atoms with van der Waals surface area (Å²) in [7, 11) is 0. The van der Waals surface area contributed by atoms with Gasteiger partial charge in [0.05, 0.1) is 9.81 Å². The van der Waals surface area contributed by atoms with Crippen LogP contribution in [0.2, 0.25) is 0 Å². The van der Waals surface area contributed by atoms with E-state index in [1.807, 2.05) is 0 Å². The molecule has 0 unspecified atom stereocenters. The maximum Gasteiger partial charge on any atom is 0.410 e. The fourth-order valence-electron chi connectivity index (χ4n) is 1.64. The SMILES string of the molecule is [2H]c1nc(C2CN(C(=O)OC(C)(C)C)C2)c([2H])c(O)c1[2H]. The van der Waals surface area contributed by atoms with Crippen LogP contribution in [0.25, 0.3) is 0 Å². The van der Waals surface area contributed by atoms with Gasteiger partial charge in [0, 0.05) is 31.2 Å². The lowest BCUT2D eigenvalue weighted by Crippen LogP contribution is -2.50. The number of aromatic hydroxyl groups is 1. The van der Waals surface area contributed by atoms with Crippen LogP contribution in [0.3, 0.4) is 0 Å². The molecule has 1 aromatic heterocycles. The molecule has 0 radical (unpaired) electrons. The molecule has 1 aliphatic heterocycles. The van der Waals surface area contributed by atoms with Gasteiger partial charge < -0.3 is 14.7 Å². The second-order valence-electron chi connectivity index (χ2n) is 5.29. The number of likely N-dealkylation sites (tertiary alicyclic amines) is 1. The Balaban J connectivity index is 2.07. The van der Waals surface area contributed by atoms with Gasteiger partial charge in [-0.15, -0.1) is 0 Å². The van der Waals surface area contributed by atoms with Crippen LogP contribution in [0, 0.1) is 0 Å². The molecule has 2 rings (SSSR count). The Morgan fingerprint density at radius 2 is 2.28 bits per heavy atom. The Morgan fingerprint density at radius 1 is 1.61 bits per heavy atom. The lowest BCUT2D eigenvalue weighted by molar-refractivity contribution is 0.00787. The predicted octanol–water partition coefficient (Wildman–Crippen LogP) is 2.12. The van der Waals surface area contributed by atoms with Crippen molar-refractivity contribution in [3.05, 3.63) is 24.0 Å². The maximum atomic E-state index is 11.8. The number of rotatable bonds is 1. The van der Waals surface area contributed by atoms with Gasteiger partial charge >= 0.3 is 6.09 Å². The van der Waals surface area contributed by atoms with Gasteiger partial charge in [0.15, 0.2) is 0 Å². The van der Waals surface area contributed by atoms with Crippen LogP contribution in [0.15, 0.2) is 18.3 Å². The highest BCUT2D eigenvalue weighted by Crippen LogP contribution is 2.28. The minimum atomic E-state index is -0.569. The van der Waals surface area contributed by atoms with E-state index in [4.69, 9.17) is 8.85 Å². The summed E-state index contributed by atoms with van der Waals surface area (Å²) in [4.78, 5) is 17.2. The second kappa shape index (κ2) is 4.48. The molecular formula is C13H18N2O3. The molecule has 2 heterocycles. The van der Waals surface area contributed by atoms with Crippen LogP contribution in [0.1, 0.15) is 36.5 Å². The molecular weight excluding hydrogens is 232 g/mol. The highest BCUT2D eigenvalue weighted by atomic mass is 16.6.